The van der Waals surface area contributed by atoms with E-state index in [0.717, 1.165) is 16.1 Å². The summed E-state index contributed by atoms with van der Waals surface area (Å²) in [6.07, 6.45) is 1.39. The summed E-state index contributed by atoms with van der Waals surface area (Å²) in [4.78, 5) is 28.4. The van der Waals surface area contributed by atoms with Gasteiger partial charge in [-0.15, -0.1) is 0 Å². The number of carbonyl (C=O) groups excluding carboxylic acids is 2. The number of benzene rings is 3. The molecule has 0 radical (unpaired) electrons. The average molecular weight is 600 g/mol. The van der Waals surface area contributed by atoms with E-state index in [4.69, 9.17) is 16.3 Å². The summed E-state index contributed by atoms with van der Waals surface area (Å²) in [5, 5.41) is 3.36. The molecular weight excluding hydrogens is 562 g/mol. The minimum atomic E-state index is -3.85. The molecule has 0 saturated heterocycles. The molecule has 0 heterocycles. The molecule has 0 spiro atoms. The zero-order valence-corrected chi connectivity index (χ0v) is 25.5. The van der Waals surface area contributed by atoms with Gasteiger partial charge in [-0.25, -0.2) is 8.42 Å². The topological polar surface area (TPSA) is 96.0 Å². The Balaban J connectivity index is 1.85. The van der Waals surface area contributed by atoms with Crippen LogP contribution in [0, 0.1) is 5.92 Å². The van der Waals surface area contributed by atoms with E-state index in [0.29, 0.717) is 41.6 Å². The van der Waals surface area contributed by atoms with E-state index >= 15 is 0 Å². The van der Waals surface area contributed by atoms with Gasteiger partial charge >= 0.3 is 0 Å². The molecule has 2 amide bonds. The Hall–Kier alpha value is -3.56. The van der Waals surface area contributed by atoms with Gasteiger partial charge in [-0.2, -0.15) is 0 Å². The lowest BCUT2D eigenvalue weighted by Crippen LogP contribution is -2.52. The number of hydrogen-bond acceptors (Lipinski definition) is 5. The van der Waals surface area contributed by atoms with Gasteiger partial charge in [0.1, 0.15) is 24.9 Å². The normalized spacial score (nSPS) is 12.0. The first-order valence-electron chi connectivity index (χ1n) is 13.5. The second-order valence-corrected chi connectivity index (χ2v) is 12.5. The number of halogens is 1. The summed E-state index contributed by atoms with van der Waals surface area (Å²) < 4.78 is 32.6. The van der Waals surface area contributed by atoms with Crippen LogP contribution in [-0.4, -0.2) is 50.5 Å². The molecule has 0 saturated carbocycles. The maximum Gasteiger partial charge on any atom is 0.244 e. The predicted octanol–water partition coefficient (Wildman–Crippen LogP) is 5.26. The van der Waals surface area contributed by atoms with Crippen molar-refractivity contribution in [2.75, 3.05) is 23.7 Å². The van der Waals surface area contributed by atoms with Crippen molar-refractivity contribution in [2.45, 2.75) is 46.4 Å². The molecule has 0 fully saturated rings. The van der Waals surface area contributed by atoms with Crippen LogP contribution in [0.4, 0.5) is 5.69 Å². The highest BCUT2D eigenvalue weighted by atomic mass is 35.5. The number of anilines is 1. The minimum Gasteiger partial charge on any atom is -0.489 e. The smallest absolute Gasteiger partial charge is 0.244 e. The first-order chi connectivity index (χ1) is 19.5. The maximum absolute atomic E-state index is 13.8. The Morgan fingerprint density at radius 3 is 2.17 bits per heavy atom. The Morgan fingerprint density at radius 1 is 0.951 bits per heavy atom. The van der Waals surface area contributed by atoms with Crippen molar-refractivity contribution in [2.24, 2.45) is 5.92 Å². The number of nitrogens with zero attached hydrogens (tertiary/aromatic N) is 2. The van der Waals surface area contributed by atoms with Crippen molar-refractivity contribution in [1.82, 2.24) is 10.2 Å². The van der Waals surface area contributed by atoms with Crippen molar-refractivity contribution in [3.05, 3.63) is 95.0 Å². The van der Waals surface area contributed by atoms with Crippen LogP contribution in [0.15, 0.2) is 78.9 Å². The summed E-state index contributed by atoms with van der Waals surface area (Å²) in [5.74, 6) is -0.0335. The van der Waals surface area contributed by atoms with Gasteiger partial charge in [0.05, 0.1) is 11.9 Å². The van der Waals surface area contributed by atoms with Crippen LogP contribution in [0.25, 0.3) is 0 Å². The Kier molecular flexibility index (Phi) is 11.6. The van der Waals surface area contributed by atoms with Gasteiger partial charge in [-0.1, -0.05) is 80.9 Å². The highest BCUT2D eigenvalue weighted by Crippen LogP contribution is 2.24. The summed E-state index contributed by atoms with van der Waals surface area (Å²) in [6, 6.07) is 22.5. The van der Waals surface area contributed by atoms with Crippen molar-refractivity contribution >= 4 is 39.1 Å². The van der Waals surface area contributed by atoms with Gasteiger partial charge in [0, 0.05) is 18.1 Å². The predicted molar refractivity (Wildman–Crippen MR) is 163 cm³/mol. The van der Waals surface area contributed by atoms with Crippen LogP contribution in [0.3, 0.4) is 0 Å². The minimum absolute atomic E-state index is 0.0516. The molecule has 0 aliphatic carbocycles. The lowest BCUT2D eigenvalue weighted by Gasteiger charge is -2.33. The molecule has 0 aromatic heterocycles. The molecule has 1 unspecified atom stereocenters. The van der Waals surface area contributed by atoms with Crippen LogP contribution in [0.1, 0.15) is 38.3 Å². The highest BCUT2D eigenvalue weighted by Gasteiger charge is 2.32. The third kappa shape index (κ3) is 9.50. The number of sulfonamides is 1. The fourth-order valence-electron chi connectivity index (χ4n) is 4.22. The van der Waals surface area contributed by atoms with Crippen LogP contribution >= 0.6 is 11.6 Å². The molecule has 8 nitrogen and oxygen atoms in total. The average Bonchev–Trinajstić information content (AvgIpc) is 2.94. The maximum atomic E-state index is 13.8. The largest absolute Gasteiger partial charge is 0.489 e. The number of hydrogen-bond donors (Lipinski definition) is 1. The fourth-order valence-corrected chi connectivity index (χ4v) is 5.26. The van der Waals surface area contributed by atoms with E-state index < -0.39 is 28.5 Å². The summed E-state index contributed by atoms with van der Waals surface area (Å²) in [6.45, 7) is 6.17. The molecule has 220 valence electrons. The Bertz CT molecular complexity index is 1400. The van der Waals surface area contributed by atoms with Crippen LogP contribution < -0.4 is 14.4 Å². The molecule has 0 bridgehead atoms. The number of carbonyl (C=O) groups is 2. The Labute approximate surface area is 248 Å². The van der Waals surface area contributed by atoms with E-state index in [1.165, 1.54) is 4.90 Å². The quantitative estimate of drug-likeness (QED) is 0.273. The monoisotopic (exact) mass is 599 g/mol. The first kappa shape index (κ1) is 32.0. The van der Waals surface area contributed by atoms with Gasteiger partial charge in [0.2, 0.25) is 21.8 Å². The van der Waals surface area contributed by atoms with Gasteiger partial charge in [0.25, 0.3) is 0 Å². The molecule has 3 aromatic rings. The fraction of sp³-hybridized carbons (Fsp3) is 0.355. The zero-order valence-electron chi connectivity index (χ0n) is 23.9. The SMILES string of the molecule is CCC(C(=O)NCC(C)C)N(Cc1ccccc1Cl)C(=O)CN(c1ccc(OCc2ccccc2)cc1)S(C)(=O)=O. The van der Waals surface area contributed by atoms with E-state index in [9.17, 15) is 18.0 Å². The molecule has 0 aliphatic heterocycles. The molecule has 1 N–H and O–H groups in total. The van der Waals surface area contributed by atoms with E-state index in [2.05, 4.69) is 5.32 Å². The van der Waals surface area contributed by atoms with Gasteiger partial charge in [-0.3, -0.25) is 13.9 Å². The highest BCUT2D eigenvalue weighted by molar-refractivity contribution is 7.92. The summed E-state index contributed by atoms with van der Waals surface area (Å²) in [7, 11) is -3.85. The third-order valence-electron chi connectivity index (χ3n) is 6.42. The van der Waals surface area contributed by atoms with Crippen molar-refractivity contribution in [3.8, 4) is 5.75 Å². The molecule has 10 heteroatoms. The number of nitrogens with one attached hydrogen (secondary N) is 1. The lowest BCUT2D eigenvalue weighted by atomic mass is 10.1. The molecule has 0 aliphatic rings. The van der Waals surface area contributed by atoms with Crippen LogP contribution in [0.5, 0.6) is 5.75 Å². The van der Waals surface area contributed by atoms with Crippen LogP contribution in [0.2, 0.25) is 5.02 Å². The van der Waals surface area contributed by atoms with Gasteiger partial charge in [-0.05, 0) is 53.8 Å². The van der Waals surface area contributed by atoms with E-state index in [-0.39, 0.29) is 18.4 Å². The Morgan fingerprint density at radius 2 is 1.59 bits per heavy atom. The third-order valence-corrected chi connectivity index (χ3v) is 7.93. The van der Waals surface area contributed by atoms with Crippen molar-refractivity contribution in [1.29, 1.82) is 0 Å². The van der Waals surface area contributed by atoms with E-state index in [1.807, 2.05) is 51.1 Å². The van der Waals surface area contributed by atoms with Crippen molar-refractivity contribution < 1.29 is 22.7 Å². The standard InChI is InChI=1S/C31H38ClN3O5S/c1-5-29(31(37)33-19-23(2)3)34(20-25-13-9-10-14-28(25)32)30(36)21-35(41(4,38)39)26-15-17-27(18-16-26)40-22-24-11-7-6-8-12-24/h6-18,23,29H,5,19-22H2,1-4H3,(H,33,37). The van der Waals surface area contributed by atoms with Gasteiger partial charge in [0.15, 0.2) is 0 Å². The summed E-state index contributed by atoms with van der Waals surface area (Å²) in [5.41, 5.74) is 1.97. The second kappa shape index (κ2) is 14.9. The number of amides is 2. The molecule has 3 aromatic carbocycles. The lowest BCUT2D eigenvalue weighted by molar-refractivity contribution is -0.140. The molecule has 41 heavy (non-hydrogen) atoms. The first-order valence-corrected chi connectivity index (χ1v) is 15.8. The zero-order chi connectivity index (χ0) is 30.0. The van der Waals surface area contributed by atoms with Crippen LogP contribution in [-0.2, 0) is 32.8 Å². The summed E-state index contributed by atoms with van der Waals surface area (Å²) >= 11 is 6.40. The second-order valence-electron chi connectivity index (χ2n) is 10.2. The number of ether oxygens (including phenoxy) is 1. The molecule has 3 rings (SSSR count). The molecular formula is C31H38ClN3O5S. The van der Waals surface area contributed by atoms with Crippen molar-refractivity contribution in [3.63, 3.8) is 0 Å². The molecule has 1 atom stereocenters. The van der Waals surface area contributed by atoms with E-state index in [1.54, 1.807) is 48.5 Å². The number of rotatable bonds is 14. The van der Waals surface area contributed by atoms with Gasteiger partial charge < -0.3 is 15.0 Å².